The second kappa shape index (κ2) is 14.2. The zero-order valence-corrected chi connectivity index (χ0v) is 28.1. The first-order valence-electron chi connectivity index (χ1n) is 15.0. The molecule has 0 saturated carbocycles. The van der Waals surface area contributed by atoms with Crippen LogP contribution in [0.15, 0.2) is 94.5 Å². The van der Waals surface area contributed by atoms with Crippen molar-refractivity contribution in [2.24, 2.45) is 5.10 Å². The van der Waals surface area contributed by atoms with E-state index in [9.17, 15) is 9.59 Å². The third kappa shape index (κ3) is 6.93. The van der Waals surface area contributed by atoms with Crippen LogP contribution in [-0.2, 0) is 11.3 Å². The number of amides is 2. The van der Waals surface area contributed by atoms with Crippen LogP contribution in [0.4, 0.5) is 0 Å². The highest BCUT2D eigenvalue weighted by molar-refractivity contribution is 7.99. The molecule has 3 aromatic carbocycles. The van der Waals surface area contributed by atoms with Gasteiger partial charge in [0.2, 0.25) is 0 Å². The monoisotopic (exact) mass is 666 g/mol. The molecule has 1 N–H and O–H groups in total. The summed E-state index contributed by atoms with van der Waals surface area (Å²) in [4.78, 5) is 28.0. The summed E-state index contributed by atoms with van der Waals surface area (Å²) in [6.45, 7) is 4.21. The van der Waals surface area contributed by atoms with Crippen LogP contribution in [0.5, 0.6) is 11.5 Å². The average molecular weight is 667 g/mol. The Kier molecular flexibility index (Phi) is 9.69. The third-order valence-electron chi connectivity index (χ3n) is 8.05. The zero-order chi connectivity index (χ0) is 32.9. The van der Waals surface area contributed by atoms with E-state index in [0.29, 0.717) is 28.7 Å². The summed E-state index contributed by atoms with van der Waals surface area (Å²) in [5.74, 6) is 1.57. The second-order valence-electron chi connectivity index (χ2n) is 10.9. The van der Waals surface area contributed by atoms with Crippen molar-refractivity contribution in [3.63, 3.8) is 0 Å². The minimum Gasteiger partial charge on any atom is -0.497 e. The van der Waals surface area contributed by atoms with Crippen LogP contribution in [0.3, 0.4) is 0 Å². The van der Waals surface area contributed by atoms with Crippen molar-refractivity contribution in [1.29, 1.82) is 0 Å². The minimum atomic E-state index is -0.262. The van der Waals surface area contributed by atoms with Crippen LogP contribution in [0.1, 0.15) is 50.2 Å². The number of hydrogen-bond donors (Lipinski definition) is 1. The Balaban J connectivity index is 1.25. The van der Waals surface area contributed by atoms with Crippen molar-refractivity contribution in [2.75, 3.05) is 20.0 Å². The number of carbonyl (C=O) groups excluding carboxylic acids is 2. The number of ether oxygens (including phenoxy) is 2. The van der Waals surface area contributed by atoms with Gasteiger partial charge in [0.05, 0.1) is 48.8 Å². The van der Waals surface area contributed by atoms with Crippen molar-refractivity contribution in [3.05, 3.63) is 117 Å². The lowest BCUT2D eigenvalue weighted by Crippen LogP contribution is -2.28. The van der Waals surface area contributed by atoms with Crippen LogP contribution < -0.4 is 14.8 Å². The van der Waals surface area contributed by atoms with Gasteiger partial charge in [0.1, 0.15) is 11.5 Å². The maximum absolute atomic E-state index is 13.9. The number of hydrazone groups is 1. The fourth-order valence-electron chi connectivity index (χ4n) is 5.36. The average Bonchev–Trinajstić information content (AvgIpc) is 3.88. The summed E-state index contributed by atoms with van der Waals surface area (Å²) in [5, 5.41) is 20.8. The highest BCUT2D eigenvalue weighted by Crippen LogP contribution is 2.35. The maximum Gasteiger partial charge on any atom is 0.253 e. The van der Waals surface area contributed by atoms with Gasteiger partial charge >= 0.3 is 0 Å². The Labute approximate surface area is 281 Å². The summed E-state index contributed by atoms with van der Waals surface area (Å²) in [6, 6.07) is 24.5. The van der Waals surface area contributed by atoms with Gasteiger partial charge in [-0.3, -0.25) is 14.2 Å². The SMILES string of the molecule is COc1ccc([C@@H]2CC(c3cccs3)=NN2C(=O)CSc2nnc(CNC(=O)c3cccc(OC)c3)n2-c2cccc(C)c2C)cc1. The van der Waals surface area contributed by atoms with Crippen LogP contribution in [-0.4, -0.2) is 57.3 Å². The predicted octanol–water partition coefficient (Wildman–Crippen LogP) is 6.36. The molecule has 0 aliphatic carbocycles. The van der Waals surface area contributed by atoms with Gasteiger partial charge in [0.15, 0.2) is 11.0 Å². The number of hydrogen-bond acceptors (Lipinski definition) is 9. The highest BCUT2D eigenvalue weighted by Gasteiger charge is 2.34. The molecule has 1 aliphatic rings. The van der Waals surface area contributed by atoms with Crippen molar-refractivity contribution in [1.82, 2.24) is 25.1 Å². The Morgan fingerprint density at radius 1 is 0.957 bits per heavy atom. The number of aromatic nitrogens is 3. The van der Waals surface area contributed by atoms with Gasteiger partial charge in [-0.25, -0.2) is 5.01 Å². The summed E-state index contributed by atoms with van der Waals surface area (Å²) >= 11 is 2.90. The smallest absolute Gasteiger partial charge is 0.253 e. The van der Waals surface area contributed by atoms with Gasteiger partial charge in [0.25, 0.3) is 11.8 Å². The number of thiophene rings is 1. The summed E-state index contributed by atoms with van der Waals surface area (Å²) in [5.41, 5.74) is 5.36. The number of carbonyl (C=O) groups is 2. The summed E-state index contributed by atoms with van der Waals surface area (Å²) < 4.78 is 12.5. The molecule has 1 atom stereocenters. The molecule has 5 aromatic rings. The van der Waals surface area contributed by atoms with E-state index >= 15 is 0 Å². The molecule has 6 rings (SSSR count). The van der Waals surface area contributed by atoms with Gasteiger partial charge in [-0.2, -0.15) is 5.10 Å². The molecule has 0 fully saturated rings. The molecule has 10 nitrogen and oxygen atoms in total. The minimum absolute atomic E-state index is 0.0903. The van der Waals surface area contributed by atoms with Crippen molar-refractivity contribution < 1.29 is 19.1 Å². The Morgan fingerprint density at radius 2 is 1.74 bits per heavy atom. The van der Waals surface area contributed by atoms with Gasteiger partial charge in [-0.05, 0) is 78.4 Å². The molecule has 0 saturated heterocycles. The fraction of sp³-hybridized carbons (Fsp3) is 0.229. The molecule has 0 unspecified atom stereocenters. The molecule has 47 heavy (non-hydrogen) atoms. The molecule has 2 aromatic heterocycles. The lowest BCUT2D eigenvalue weighted by atomic mass is 10.0. The molecule has 12 heteroatoms. The third-order valence-corrected chi connectivity index (χ3v) is 9.89. The highest BCUT2D eigenvalue weighted by atomic mass is 32.2. The molecule has 0 radical (unpaired) electrons. The van der Waals surface area contributed by atoms with Crippen molar-refractivity contribution in [2.45, 2.75) is 38.0 Å². The van der Waals surface area contributed by atoms with Gasteiger partial charge < -0.3 is 14.8 Å². The number of thioether (sulfide) groups is 1. The predicted molar refractivity (Wildman–Crippen MR) is 184 cm³/mol. The molecule has 0 spiro atoms. The van der Waals surface area contributed by atoms with Crippen molar-refractivity contribution in [3.8, 4) is 17.2 Å². The Hall–Kier alpha value is -4.94. The molecule has 1 aliphatic heterocycles. The first-order chi connectivity index (χ1) is 22.9. The number of nitrogens with one attached hydrogen (secondary N) is 1. The standard InChI is InChI=1S/C35H34N6O4S2/c1-22-8-5-11-29(23(22)2)40-32(20-36-34(43)25-9-6-10-27(18-25)45-4)37-38-35(40)47-21-33(42)41-30(24-13-15-26(44-3)16-14-24)19-28(39-41)31-12-7-17-46-31/h5-18,30H,19-21H2,1-4H3,(H,36,43)/t30-/m0/s1. The topological polar surface area (TPSA) is 111 Å². The lowest BCUT2D eigenvalue weighted by Gasteiger charge is -2.22. The fourth-order valence-corrected chi connectivity index (χ4v) is 6.90. The second-order valence-corrected chi connectivity index (χ2v) is 12.8. The maximum atomic E-state index is 13.9. The van der Waals surface area contributed by atoms with E-state index in [1.165, 1.54) is 11.8 Å². The van der Waals surface area contributed by atoms with Crippen LogP contribution in [0.25, 0.3) is 5.69 Å². The van der Waals surface area contributed by atoms with E-state index in [1.807, 2.05) is 78.4 Å². The van der Waals surface area contributed by atoms with Crippen LogP contribution in [0, 0.1) is 13.8 Å². The van der Waals surface area contributed by atoms with E-state index in [2.05, 4.69) is 15.5 Å². The van der Waals surface area contributed by atoms with E-state index in [1.54, 1.807) is 54.8 Å². The zero-order valence-electron chi connectivity index (χ0n) is 26.5. The van der Waals surface area contributed by atoms with Crippen molar-refractivity contribution >= 4 is 40.6 Å². The normalized spacial score (nSPS) is 14.2. The molecule has 2 amide bonds. The van der Waals surface area contributed by atoms with E-state index in [4.69, 9.17) is 14.6 Å². The number of methoxy groups -OCH3 is 2. The van der Waals surface area contributed by atoms with E-state index < -0.39 is 0 Å². The van der Waals surface area contributed by atoms with Gasteiger partial charge in [-0.15, -0.1) is 21.5 Å². The molecular weight excluding hydrogens is 633 g/mol. The van der Waals surface area contributed by atoms with Crippen LogP contribution in [0.2, 0.25) is 0 Å². The first kappa shape index (κ1) is 32.0. The van der Waals surface area contributed by atoms with Gasteiger partial charge in [-0.1, -0.05) is 48.2 Å². The quantitative estimate of drug-likeness (QED) is 0.163. The number of rotatable bonds is 11. The Morgan fingerprint density at radius 3 is 2.49 bits per heavy atom. The lowest BCUT2D eigenvalue weighted by molar-refractivity contribution is -0.130. The van der Waals surface area contributed by atoms with E-state index in [0.717, 1.165) is 38.7 Å². The van der Waals surface area contributed by atoms with Crippen LogP contribution >= 0.6 is 23.1 Å². The summed E-state index contributed by atoms with van der Waals surface area (Å²) in [7, 11) is 3.19. The molecule has 3 heterocycles. The number of nitrogens with zero attached hydrogens (tertiary/aromatic N) is 5. The first-order valence-corrected chi connectivity index (χ1v) is 16.9. The number of aryl methyl sites for hydroxylation is 1. The Bertz CT molecular complexity index is 1920. The van der Waals surface area contributed by atoms with E-state index in [-0.39, 0.29) is 30.2 Å². The summed E-state index contributed by atoms with van der Waals surface area (Å²) in [6.07, 6.45) is 0.610. The molecule has 240 valence electrons. The number of benzene rings is 3. The molecule has 0 bridgehead atoms. The largest absolute Gasteiger partial charge is 0.497 e. The molecular formula is C35H34N6O4S2. The van der Waals surface area contributed by atoms with Gasteiger partial charge in [0, 0.05) is 12.0 Å².